The molecule has 0 saturated heterocycles. The zero-order valence-electron chi connectivity index (χ0n) is 27.2. The summed E-state index contributed by atoms with van der Waals surface area (Å²) >= 11 is 0. The normalized spacial score (nSPS) is 14.3. The number of nitrogens with zero attached hydrogens (tertiary/aromatic N) is 2. The first-order chi connectivity index (χ1) is 22.3. The summed E-state index contributed by atoms with van der Waals surface area (Å²) in [4.78, 5) is 52.3. The number of aryl methyl sites for hydroxylation is 2. The van der Waals surface area contributed by atoms with E-state index in [0.717, 1.165) is 24.0 Å². The third-order valence-electron chi connectivity index (χ3n) is 7.18. The number of rotatable bonds is 13. The van der Waals surface area contributed by atoms with Gasteiger partial charge in [0.15, 0.2) is 5.69 Å². The second-order valence-electron chi connectivity index (χ2n) is 12.6. The molecule has 4 N–H and O–H groups in total. The van der Waals surface area contributed by atoms with Crippen LogP contribution >= 0.6 is 0 Å². The Labute approximate surface area is 273 Å². The molecular formula is C35H40N6O6. The molecule has 1 aromatic heterocycles. The lowest BCUT2D eigenvalue weighted by molar-refractivity contribution is -0.131. The number of aromatic nitrogens is 1. The van der Waals surface area contributed by atoms with E-state index in [9.17, 15) is 24.4 Å². The number of nitriles is 1. The number of hydrogen-bond donors (Lipinski definition) is 4. The zero-order chi connectivity index (χ0) is 34.1. The SMILES string of the molecule is Cc1ccc(CNC(=O)[C@H](COc2cccc(/C=C(\C#N)C(=O)NC(C)(C)C)c2)NC(=O)[C@@H](NC(=O)c2cc(C)on2)C2CC2)cc1. The minimum Gasteiger partial charge on any atom is -0.491 e. The van der Waals surface area contributed by atoms with Crippen LogP contribution in [0.3, 0.4) is 0 Å². The predicted octanol–water partition coefficient (Wildman–Crippen LogP) is 3.50. The molecule has 1 heterocycles. The lowest BCUT2D eigenvalue weighted by Gasteiger charge is -2.23. The molecule has 2 atom stereocenters. The summed E-state index contributed by atoms with van der Waals surface area (Å²) in [5.41, 5.74) is 1.96. The molecule has 1 saturated carbocycles. The maximum absolute atomic E-state index is 13.5. The molecule has 0 spiro atoms. The average molecular weight is 641 g/mol. The lowest BCUT2D eigenvalue weighted by atomic mass is 10.1. The van der Waals surface area contributed by atoms with Gasteiger partial charge in [0.25, 0.3) is 11.8 Å². The molecule has 47 heavy (non-hydrogen) atoms. The van der Waals surface area contributed by atoms with Crippen LogP contribution in [0.2, 0.25) is 0 Å². The third-order valence-corrected chi connectivity index (χ3v) is 7.18. The molecule has 12 heteroatoms. The molecule has 1 fully saturated rings. The summed E-state index contributed by atoms with van der Waals surface area (Å²) < 4.78 is 11.0. The fourth-order valence-electron chi connectivity index (χ4n) is 4.58. The Morgan fingerprint density at radius 2 is 1.77 bits per heavy atom. The van der Waals surface area contributed by atoms with Crippen LogP contribution in [-0.4, -0.2) is 53.0 Å². The molecule has 0 bridgehead atoms. The Balaban J connectivity index is 1.49. The van der Waals surface area contributed by atoms with E-state index < -0.39 is 41.3 Å². The highest BCUT2D eigenvalue weighted by atomic mass is 16.5. The van der Waals surface area contributed by atoms with Crippen molar-refractivity contribution in [2.75, 3.05) is 6.61 Å². The number of hydrogen-bond acceptors (Lipinski definition) is 8. The summed E-state index contributed by atoms with van der Waals surface area (Å²) in [5, 5.41) is 24.4. The molecule has 0 radical (unpaired) electrons. The largest absolute Gasteiger partial charge is 0.491 e. The Hall–Kier alpha value is -5.44. The fourth-order valence-corrected chi connectivity index (χ4v) is 4.58. The molecule has 4 amide bonds. The first-order valence-electron chi connectivity index (χ1n) is 15.4. The number of carbonyl (C=O) groups excluding carboxylic acids is 4. The van der Waals surface area contributed by atoms with Crippen LogP contribution in [0, 0.1) is 31.1 Å². The van der Waals surface area contributed by atoms with Crippen LogP contribution in [0.15, 0.2) is 64.7 Å². The number of benzene rings is 2. The molecule has 12 nitrogen and oxygen atoms in total. The fraction of sp³-hybridized carbons (Fsp3) is 0.371. The van der Waals surface area contributed by atoms with E-state index in [0.29, 0.717) is 17.1 Å². The molecule has 2 aromatic carbocycles. The summed E-state index contributed by atoms with van der Waals surface area (Å²) in [5.74, 6) is -1.34. The predicted molar refractivity (Wildman–Crippen MR) is 174 cm³/mol. The minimum absolute atomic E-state index is 0.0565. The Bertz CT molecular complexity index is 1680. The maximum atomic E-state index is 13.5. The molecule has 0 unspecified atom stereocenters. The van der Waals surface area contributed by atoms with Gasteiger partial charge >= 0.3 is 0 Å². The van der Waals surface area contributed by atoms with Crippen LogP contribution in [0.5, 0.6) is 5.75 Å². The van der Waals surface area contributed by atoms with Crippen LogP contribution in [0.4, 0.5) is 0 Å². The van der Waals surface area contributed by atoms with E-state index in [1.54, 1.807) is 31.2 Å². The van der Waals surface area contributed by atoms with Crippen molar-refractivity contribution >= 4 is 29.7 Å². The monoisotopic (exact) mass is 640 g/mol. The van der Waals surface area contributed by atoms with Crippen molar-refractivity contribution in [3.63, 3.8) is 0 Å². The third kappa shape index (κ3) is 10.6. The summed E-state index contributed by atoms with van der Waals surface area (Å²) in [6.07, 6.45) is 2.94. The van der Waals surface area contributed by atoms with Gasteiger partial charge in [0, 0.05) is 18.2 Å². The van der Waals surface area contributed by atoms with Crippen molar-refractivity contribution in [1.29, 1.82) is 5.26 Å². The van der Waals surface area contributed by atoms with E-state index in [1.807, 2.05) is 58.0 Å². The van der Waals surface area contributed by atoms with Gasteiger partial charge in [-0.05, 0) is 82.7 Å². The molecule has 1 aliphatic rings. The topological polar surface area (TPSA) is 175 Å². The maximum Gasteiger partial charge on any atom is 0.274 e. The standard InChI is InChI=1S/C35H40N6O6/c1-21-9-11-23(12-10-21)19-37-32(43)29(38-34(45)30(25-13-14-25)39-33(44)28-15-22(2)47-41-28)20-46-27-8-6-7-24(17-27)16-26(18-36)31(42)40-35(3,4)5/h6-12,15-17,25,29-30H,13-14,19-20H2,1-5H3,(H,37,43)(H,38,45)(H,39,44)(H,40,42)/b26-16+/t29-,30-/m0/s1. The number of ether oxygens (including phenoxy) is 1. The lowest BCUT2D eigenvalue weighted by Crippen LogP contribution is -2.56. The quantitative estimate of drug-likeness (QED) is 0.162. The summed E-state index contributed by atoms with van der Waals surface area (Å²) in [7, 11) is 0. The van der Waals surface area contributed by atoms with Gasteiger partial charge in [-0.2, -0.15) is 5.26 Å². The van der Waals surface area contributed by atoms with Gasteiger partial charge in [-0.1, -0.05) is 47.1 Å². The van der Waals surface area contributed by atoms with Gasteiger partial charge in [0.2, 0.25) is 11.8 Å². The minimum atomic E-state index is -1.12. The van der Waals surface area contributed by atoms with Crippen molar-refractivity contribution in [3.05, 3.63) is 88.3 Å². The van der Waals surface area contributed by atoms with Crippen LogP contribution in [0.25, 0.3) is 6.08 Å². The van der Waals surface area contributed by atoms with Gasteiger partial charge in [-0.15, -0.1) is 0 Å². The van der Waals surface area contributed by atoms with E-state index in [4.69, 9.17) is 9.26 Å². The second-order valence-corrected chi connectivity index (χ2v) is 12.6. The highest BCUT2D eigenvalue weighted by Crippen LogP contribution is 2.33. The smallest absolute Gasteiger partial charge is 0.274 e. The van der Waals surface area contributed by atoms with Crippen molar-refractivity contribution in [2.45, 2.75) is 71.6 Å². The molecule has 0 aliphatic heterocycles. The van der Waals surface area contributed by atoms with Gasteiger partial charge < -0.3 is 30.5 Å². The Morgan fingerprint density at radius 3 is 2.38 bits per heavy atom. The second kappa shape index (κ2) is 15.2. The average Bonchev–Trinajstić information content (AvgIpc) is 3.77. The molecule has 1 aliphatic carbocycles. The van der Waals surface area contributed by atoms with Crippen molar-refractivity contribution in [2.24, 2.45) is 5.92 Å². The van der Waals surface area contributed by atoms with Gasteiger partial charge in [0.1, 0.15) is 41.8 Å². The first-order valence-corrected chi connectivity index (χ1v) is 15.4. The van der Waals surface area contributed by atoms with Crippen molar-refractivity contribution in [1.82, 2.24) is 26.4 Å². The van der Waals surface area contributed by atoms with Gasteiger partial charge in [-0.3, -0.25) is 19.2 Å². The molecule has 246 valence electrons. The molecule has 3 aromatic rings. The van der Waals surface area contributed by atoms with E-state index in [2.05, 4.69) is 26.4 Å². The van der Waals surface area contributed by atoms with Crippen LogP contribution in [0.1, 0.15) is 66.6 Å². The Kier molecular flexibility index (Phi) is 11.2. The number of nitrogens with one attached hydrogen (secondary N) is 4. The number of carbonyl (C=O) groups is 4. The Morgan fingerprint density at radius 1 is 1.04 bits per heavy atom. The zero-order valence-corrected chi connectivity index (χ0v) is 27.2. The van der Waals surface area contributed by atoms with Crippen molar-refractivity contribution in [3.8, 4) is 11.8 Å². The molecular weight excluding hydrogens is 600 g/mol. The van der Waals surface area contributed by atoms with Crippen LogP contribution < -0.4 is 26.0 Å². The summed E-state index contributed by atoms with van der Waals surface area (Å²) in [6, 6.07) is 15.8. The summed E-state index contributed by atoms with van der Waals surface area (Å²) in [6.45, 7) is 9.08. The van der Waals surface area contributed by atoms with E-state index in [1.165, 1.54) is 12.1 Å². The van der Waals surface area contributed by atoms with Gasteiger partial charge in [0.05, 0.1) is 0 Å². The number of amides is 4. The van der Waals surface area contributed by atoms with Crippen LogP contribution in [-0.2, 0) is 20.9 Å². The highest BCUT2D eigenvalue weighted by molar-refractivity contribution is 6.02. The van der Waals surface area contributed by atoms with E-state index >= 15 is 0 Å². The van der Waals surface area contributed by atoms with E-state index in [-0.39, 0.29) is 30.3 Å². The highest BCUT2D eigenvalue weighted by Gasteiger charge is 2.39. The first kappa shape index (κ1) is 34.4. The van der Waals surface area contributed by atoms with Crippen molar-refractivity contribution < 1.29 is 28.4 Å². The molecule has 4 rings (SSSR count). The van der Waals surface area contributed by atoms with Gasteiger partial charge in [-0.25, -0.2) is 0 Å².